The third-order valence-electron chi connectivity index (χ3n) is 3.93. The second-order valence-electron chi connectivity index (χ2n) is 5.35. The number of carboxylic acids is 1. The number of fused-ring (bicyclic) bond motifs is 1. The van der Waals surface area contributed by atoms with Crippen LogP contribution < -0.4 is 0 Å². The van der Waals surface area contributed by atoms with Gasteiger partial charge in [0.15, 0.2) is 11.5 Å². The molecule has 0 atom stereocenters. The minimum atomic E-state index is -1.34. The van der Waals surface area contributed by atoms with E-state index in [2.05, 4.69) is 0 Å². The summed E-state index contributed by atoms with van der Waals surface area (Å²) in [5.41, 5.74) is 1.43. The van der Waals surface area contributed by atoms with Crippen LogP contribution >= 0.6 is 0 Å². The maximum absolute atomic E-state index is 14.7. The molecule has 3 rings (SSSR count). The van der Waals surface area contributed by atoms with Gasteiger partial charge in [-0.2, -0.15) is 0 Å². The Hall–Kier alpha value is -2.69. The highest BCUT2D eigenvalue weighted by Crippen LogP contribution is 2.29. The van der Waals surface area contributed by atoms with Crippen molar-refractivity contribution in [3.63, 3.8) is 0 Å². The molecule has 3 aromatic rings. The summed E-state index contributed by atoms with van der Waals surface area (Å²) in [7, 11) is 0. The lowest BCUT2D eigenvalue weighted by molar-refractivity contribution is 0.0681. The molecule has 0 bridgehead atoms. The molecule has 23 heavy (non-hydrogen) atoms. The fraction of sp³-hybridized carbons (Fsp3) is 0.167. The normalized spacial score (nSPS) is 11.1. The zero-order chi connectivity index (χ0) is 16.6. The van der Waals surface area contributed by atoms with Crippen LogP contribution in [0.4, 0.5) is 8.78 Å². The van der Waals surface area contributed by atoms with E-state index in [1.54, 1.807) is 30.3 Å². The van der Waals surface area contributed by atoms with Gasteiger partial charge >= 0.3 is 5.97 Å². The fourth-order valence-corrected chi connectivity index (χ4v) is 2.91. The second-order valence-corrected chi connectivity index (χ2v) is 5.35. The first kappa shape index (κ1) is 15.2. The highest BCUT2D eigenvalue weighted by atomic mass is 19.1. The number of benzene rings is 2. The Bertz CT molecular complexity index is 899. The monoisotopic (exact) mass is 315 g/mol. The van der Waals surface area contributed by atoms with Crippen molar-refractivity contribution in [1.29, 1.82) is 0 Å². The summed E-state index contributed by atoms with van der Waals surface area (Å²) in [6.45, 7) is 1.98. The van der Waals surface area contributed by atoms with E-state index in [4.69, 9.17) is 0 Å². The van der Waals surface area contributed by atoms with Crippen LogP contribution in [0.25, 0.3) is 10.9 Å². The van der Waals surface area contributed by atoms with Crippen molar-refractivity contribution in [3.05, 3.63) is 70.9 Å². The maximum Gasteiger partial charge on any atom is 0.355 e. The Balaban J connectivity index is 2.26. The average molecular weight is 315 g/mol. The van der Waals surface area contributed by atoms with E-state index < -0.39 is 23.3 Å². The summed E-state index contributed by atoms with van der Waals surface area (Å²) < 4.78 is 29.5. The Labute approximate surface area is 131 Å². The van der Waals surface area contributed by atoms with Crippen LogP contribution in [0.3, 0.4) is 0 Å². The van der Waals surface area contributed by atoms with Gasteiger partial charge in [0.2, 0.25) is 0 Å². The lowest BCUT2D eigenvalue weighted by Crippen LogP contribution is -2.11. The number of hydrogen-bond acceptors (Lipinski definition) is 1. The smallest absolute Gasteiger partial charge is 0.355 e. The first-order chi connectivity index (χ1) is 11.0. The maximum atomic E-state index is 14.7. The molecule has 1 heterocycles. The predicted molar refractivity (Wildman–Crippen MR) is 83.7 cm³/mol. The van der Waals surface area contributed by atoms with E-state index >= 15 is 0 Å². The molecule has 5 heteroatoms. The third kappa shape index (κ3) is 2.59. The van der Waals surface area contributed by atoms with Gasteiger partial charge in [-0.25, -0.2) is 13.6 Å². The number of nitrogens with zero attached hydrogens (tertiary/aromatic N) is 1. The van der Waals surface area contributed by atoms with Crippen LogP contribution in [0.2, 0.25) is 0 Å². The first-order valence-electron chi connectivity index (χ1n) is 7.30. The Morgan fingerprint density at radius 3 is 2.57 bits per heavy atom. The van der Waals surface area contributed by atoms with E-state index in [0.29, 0.717) is 22.9 Å². The van der Waals surface area contributed by atoms with Crippen LogP contribution in [0.15, 0.2) is 42.5 Å². The van der Waals surface area contributed by atoms with Crippen molar-refractivity contribution in [2.24, 2.45) is 0 Å². The molecule has 0 aliphatic rings. The van der Waals surface area contributed by atoms with Crippen molar-refractivity contribution in [1.82, 2.24) is 4.57 Å². The van der Waals surface area contributed by atoms with Crippen LogP contribution in [-0.4, -0.2) is 15.6 Å². The summed E-state index contributed by atoms with van der Waals surface area (Å²) in [5, 5.41) is 9.73. The fourth-order valence-electron chi connectivity index (χ4n) is 2.91. The molecule has 0 spiro atoms. The molecule has 0 aliphatic carbocycles. The van der Waals surface area contributed by atoms with Crippen molar-refractivity contribution in [2.45, 2.75) is 19.9 Å². The van der Waals surface area contributed by atoms with Crippen LogP contribution in [0.5, 0.6) is 0 Å². The zero-order valence-electron chi connectivity index (χ0n) is 12.5. The van der Waals surface area contributed by atoms with Gasteiger partial charge < -0.3 is 9.67 Å². The predicted octanol–water partition coefficient (Wildman–Crippen LogP) is 4.23. The number of aromatic carboxylic acids is 1. The summed E-state index contributed by atoms with van der Waals surface area (Å²) in [5.74, 6) is -2.48. The molecule has 0 radical (unpaired) electrons. The van der Waals surface area contributed by atoms with Crippen LogP contribution in [0, 0.1) is 11.6 Å². The van der Waals surface area contributed by atoms with E-state index in [1.807, 2.05) is 6.92 Å². The molecule has 1 N–H and O–H groups in total. The average Bonchev–Trinajstić information content (AvgIpc) is 2.80. The quantitative estimate of drug-likeness (QED) is 0.783. The van der Waals surface area contributed by atoms with E-state index in [-0.39, 0.29) is 6.54 Å². The SMILES string of the molecule is CCc1cccc2c1c(F)c(C(=O)O)n2Cc1cccc(F)c1. The highest BCUT2D eigenvalue weighted by Gasteiger charge is 2.24. The Morgan fingerprint density at radius 1 is 1.17 bits per heavy atom. The van der Waals surface area contributed by atoms with Gasteiger partial charge in [-0.1, -0.05) is 31.2 Å². The summed E-state index contributed by atoms with van der Waals surface area (Å²) in [4.78, 5) is 11.5. The number of rotatable bonds is 4. The minimum Gasteiger partial charge on any atom is -0.476 e. The number of hydrogen-bond donors (Lipinski definition) is 1. The third-order valence-corrected chi connectivity index (χ3v) is 3.93. The summed E-state index contributed by atoms with van der Waals surface area (Å²) in [6.07, 6.45) is 0.595. The lowest BCUT2D eigenvalue weighted by atomic mass is 10.1. The van der Waals surface area contributed by atoms with Crippen molar-refractivity contribution < 1.29 is 18.7 Å². The summed E-state index contributed by atoms with van der Waals surface area (Å²) >= 11 is 0. The standard InChI is InChI=1S/C18H15F2NO2/c1-2-12-6-4-8-14-15(12)16(20)17(18(22)23)21(14)10-11-5-3-7-13(19)9-11/h3-9H,2,10H2,1H3,(H,22,23). The summed E-state index contributed by atoms with van der Waals surface area (Å²) in [6, 6.07) is 11.1. The zero-order valence-corrected chi connectivity index (χ0v) is 12.5. The largest absolute Gasteiger partial charge is 0.476 e. The van der Waals surface area contributed by atoms with Crippen LogP contribution in [-0.2, 0) is 13.0 Å². The molecule has 0 amide bonds. The van der Waals surface area contributed by atoms with Crippen molar-refractivity contribution in [3.8, 4) is 0 Å². The molecule has 0 unspecified atom stereocenters. The van der Waals surface area contributed by atoms with Gasteiger partial charge in [0, 0.05) is 11.9 Å². The molecule has 118 valence electrons. The van der Waals surface area contributed by atoms with Crippen molar-refractivity contribution in [2.75, 3.05) is 0 Å². The molecule has 1 aromatic heterocycles. The number of aromatic nitrogens is 1. The molecule has 0 aliphatic heterocycles. The van der Waals surface area contributed by atoms with Gasteiger partial charge in [0.05, 0.1) is 5.52 Å². The van der Waals surface area contributed by atoms with E-state index in [9.17, 15) is 18.7 Å². The van der Waals surface area contributed by atoms with Crippen molar-refractivity contribution >= 4 is 16.9 Å². The molecule has 2 aromatic carbocycles. The molecular weight excluding hydrogens is 300 g/mol. The highest BCUT2D eigenvalue weighted by molar-refractivity contribution is 5.96. The molecular formula is C18H15F2NO2. The second kappa shape index (κ2) is 5.83. The molecule has 3 nitrogen and oxygen atoms in total. The van der Waals surface area contributed by atoms with Gasteiger partial charge in [0.1, 0.15) is 5.82 Å². The number of halogens is 2. The first-order valence-corrected chi connectivity index (χ1v) is 7.30. The number of aryl methyl sites for hydroxylation is 1. The topological polar surface area (TPSA) is 42.2 Å². The lowest BCUT2D eigenvalue weighted by Gasteiger charge is -2.09. The Kier molecular flexibility index (Phi) is 3.86. The molecule has 0 fully saturated rings. The number of carboxylic acid groups (broad SMARTS) is 1. The van der Waals surface area contributed by atoms with Gasteiger partial charge in [0.25, 0.3) is 0 Å². The Morgan fingerprint density at radius 2 is 1.91 bits per heavy atom. The minimum absolute atomic E-state index is 0.0903. The number of carbonyl (C=O) groups is 1. The van der Waals surface area contributed by atoms with Gasteiger partial charge in [-0.3, -0.25) is 0 Å². The van der Waals surface area contributed by atoms with Gasteiger partial charge in [-0.15, -0.1) is 0 Å². The molecule has 0 saturated carbocycles. The van der Waals surface area contributed by atoms with Crippen LogP contribution in [0.1, 0.15) is 28.5 Å². The molecule has 0 saturated heterocycles. The van der Waals surface area contributed by atoms with Gasteiger partial charge in [-0.05, 0) is 35.7 Å². The van der Waals surface area contributed by atoms with E-state index in [0.717, 1.165) is 5.56 Å². The van der Waals surface area contributed by atoms with E-state index in [1.165, 1.54) is 16.7 Å².